The highest BCUT2D eigenvalue weighted by atomic mass is 127. The fraction of sp³-hybridized carbons (Fsp3) is 0.160. The molecule has 3 unspecified atom stereocenters. The fourth-order valence-corrected chi connectivity index (χ4v) is 8.81. The molecule has 0 spiro atoms. The van der Waals surface area contributed by atoms with Crippen molar-refractivity contribution in [1.29, 1.82) is 0 Å². The van der Waals surface area contributed by atoms with Crippen LogP contribution < -0.4 is 26.3 Å². The van der Waals surface area contributed by atoms with Gasteiger partial charge in [-0.3, -0.25) is 28.8 Å². The third-order valence-electron chi connectivity index (χ3n) is 9.30. The van der Waals surface area contributed by atoms with E-state index in [9.17, 15) is 44.1 Å². The lowest BCUT2D eigenvalue weighted by molar-refractivity contribution is -0.585. The van der Waals surface area contributed by atoms with Crippen LogP contribution in [0.5, 0.6) is 0 Å². The molecule has 14 heteroatoms. The molecule has 6 aromatic rings. The minimum atomic E-state index is -1.29. The predicted octanol–water partition coefficient (Wildman–Crippen LogP) is 3.52. The maximum Gasteiger partial charge on any atom is 0.355 e. The molecule has 3 aliphatic carbocycles. The molecule has 2 aromatic heterocycles. The van der Waals surface area contributed by atoms with Crippen LogP contribution in [0, 0.1) is 15.9 Å². The van der Waals surface area contributed by atoms with Crippen LogP contribution in [0.1, 0.15) is 123 Å². The summed E-state index contributed by atoms with van der Waals surface area (Å²) in [6, 6.07) is 32.2. The maximum atomic E-state index is 12.5. The summed E-state index contributed by atoms with van der Waals surface area (Å²) in [5, 5.41) is 40.2. The number of ketones is 6. The number of aliphatic hydroxyl groups is 3. The van der Waals surface area contributed by atoms with Crippen LogP contribution in [0.25, 0.3) is 5.76 Å². The molecule has 3 atom stereocenters. The van der Waals surface area contributed by atoms with Gasteiger partial charge in [0, 0.05) is 34.7 Å². The lowest BCUT2D eigenvalue weighted by Gasteiger charge is -2.23. The average Bonchev–Trinajstić information content (AvgIpc) is 3.97. The first-order valence-electron chi connectivity index (χ1n) is 19.5. The standard InChI is InChI=1S/C16H11IO3.C14H10O4.C14H8O4.C4H6O.C2H7P/c18-14-11-8-4-5-9-12(11)15(19)16(20)13(14)17-10-6-2-1-3-7-10;2*1-7(15)11-6-10-12(16)8-4-2-3-5-9(8)13(17)14(10)18-11;1-3-4(2)5;1-3-2/h1-9,16,20H;2-7,15H,1H3;2-6H,1H3;1,4-5H,2H3;3H,1-2H3. The second-order valence-electron chi connectivity index (χ2n) is 14.1. The van der Waals surface area contributed by atoms with E-state index in [0.717, 1.165) is 12.2 Å². The van der Waals surface area contributed by atoms with Gasteiger partial charge < -0.3 is 29.3 Å². The molecule has 3 N–H and O–H groups in total. The molecule has 326 valence electrons. The number of Topliss-reactive ketones (excluding diaryl/α,β-unsaturated/α-hetero) is 2. The SMILES string of the molecule is C#CC(C)O.CC(=O)c1cc2c(o1)C(=O)c1ccccc1C2=O.CC(O)c1cc2c(o1)C(=O)c1ccccc1C2=O.CPC.O=C1c2ccccc2C([O-])=C([I+]c2ccccc2)C1O. The fourth-order valence-electron chi connectivity index (χ4n) is 6.25. The average molecular weight is 993 g/mol. The predicted molar refractivity (Wildman–Crippen MR) is 234 cm³/mol. The van der Waals surface area contributed by atoms with Crippen molar-refractivity contribution in [3.05, 3.63) is 190 Å². The van der Waals surface area contributed by atoms with Gasteiger partial charge in [-0.25, -0.2) is 0 Å². The molecule has 9 rings (SSSR count). The topological polar surface area (TPSA) is 212 Å². The Morgan fingerprint density at radius 2 is 1.08 bits per heavy atom. The Balaban J connectivity index is 0.000000167. The Morgan fingerprint density at radius 3 is 1.53 bits per heavy atom. The molecule has 12 nitrogen and oxygen atoms in total. The Morgan fingerprint density at radius 1 is 0.672 bits per heavy atom. The second-order valence-corrected chi connectivity index (χ2v) is 18.1. The summed E-state index contributed by atoms with van der Waals surface area (Å²) in [6.45, 7) is 8.69. The minimum Gasteiger partial charge on any atom is -0.869 e. The van der Waals surface area contributed by atoms with Gasteiger partial charge >= 0.3 is 21.2 Å². The maximum absolute atomic E-state index is 12.5. The number of furan rings is 2. The van der Waals surface area contributed by atoms with Gasteiger partial charge in [-0.1, -0.05) is 96.9 Å². The quantitative estimate of drug-likeness (QED) is 0.100. The van der Waals surface area contributed by atoms with Gasteiger partial charge in [-0.15, -0.1) is 15.0 Å². The highest BCUT2D eigenvalue weighted by molar-refractivity contribution is 7.35. The lowest BCUT2D eigenvalue weighted by atomic mass is 9.88. The van der Waals surface area contributed by atoms with Crippen LogP contribution in [0.15, 0.2) is 128 Å². The van der Waals surface area contributed by atoms with E-state index in [1.165, 1.54) is 26.0 Å². The molecule has 0 bridgehead atoms. The molecular weight excluding hydrogens is 950 g/mol. The van der Waals surface area contributed by atoms with Crippen molar-refractivity contribution >= 4 is 49.0 Å². The number of hydrogen-bond donors (Lipinski definition) is 3. The molecule has 0 saturated carbocycles. The van der Waals surface area contributed by atoms with E-state index in [1.807, 2.05) is 30.3 Å². The molecule has 2 heterocycles. The number of carbonyl (C=O) groups is 6. The summed E-state index contributed by atoms with van der Waals surface area (Å²) in [7, 11) is 1.08. The molecule has 0 fully saturated rings. The first-order chi connectivity index (χ1) is 30.6. The summed E-state index contributed by atoms with van der Waals surface area (Å²) in [4.78, 5) is 72.0. The second kappa shape index (κ2) is 21.8. The van der Waals surface area contributed by atoms with Gasteiger partial charge in [0.1, 0.15) is 18.0 Å². The van der Waals surface area contributed by atoms with E-state index in [2.05, 4.69) is 25.7 Å². The van der Waals surface area contributed by atoms with Gasteiger partial charge in [0.15, 0.2) is 50.1 Å². The van der Waals surface area contributed by atoms with Crippen molar-refractivity contribution in [2.45, 2.75) is 39.1 Å². The van der Waals surface area contributed by atoms with E-state index >= 15 is 0 Å². The Kier molecular flexibility index (Phi) is 16.6. The van der Waals surface area contributed by atoms with E-state index in [1.54, 1.807) is 79.7 Å². The first-order valence-corrected chi connectivity index (χ1v) is 23.7. The molecular formula is C50H42IO12P. The van der Waals surface area contributed by atoms with Crippen molar-refractivity contribution in [3.8, 4) is 12.3 Å². The lowest BCUT2D eigenvalue weighted by Crippen LogP contribution is -3.61. The summed E-state index contributed by atoms with van der Waals surface area (Å²) in [5.41, 5.74) is 2.54. The molecule has 3 aliphatic rings. The summed E-state index contributed by atoms with van der Waals surface area (Å²) >= 11 is -0.832. The molecule has 64 heavy (non-hydrogen) atoms. The van der Waals surface area contributed by atoms with E-state index in [0.29, 0.717) is 37.0 Å². The monoisotopic (exact) mass is 992 g/mol. The number of halogens is 1. The Labute approximate surface area is 381 Å². The van der Waals surface area contributed by atoms with Crippen molar-refractivity contribution in [2.24, 2.45) is 0 Å². The van der Waals surface area contributed by atoms with Gasteiger partial charge in [-0.05, 0) is 62.8 Å². The molecule has 0 saturated heterocycles. The van der Waals surface area contributed by atoms with Crippen LogP contribution in [-0.2, 0) is 0 Å². The summed E-state index contributed by atoms with van der Waals surface area (Å²) in [5.74, 6) is 0.277. The number of aliphatic hydroxyl groups excluding tert-OH is 3. The van der Waals surface area contributed by atoms with Crippen LogP contribution in [0.2, 0.25) is 0 Å². The zero-order chi connectivity index (χ0) is 46.8. The Hall–Kier alpha value is -6.40. The van der Waals surface area contributed by atoms with Crippen molar-refractivity contribution < 1.29 is 79.2 Å². The molecule has 0 radical (unpaired) electrons. The van der Waals surface area contributed by atoms with Gasteiger partial charge in [-0.2, -0.15) is 0 Å². The van der Waals surface area contributed by atoms with Crippen molar-refractivity contribution in [1.82, 2.24) is 0 Å². The number of hydrogen-bond acceptors (Lipinski definition) is 12. The molecule has 4 aromatic carbocycles. The smallest absolute Gasteiger partial charge is 0.355 e. The number of fused-ring (bicyclic) bond motifs is 5. The van der Waals surface area contributed by atoms with E-state index in [-0.39, 0.29) is 74.6 Å². The third kappa shape index (κ3) is 10.7. The number of terminal acetylenes is 1. The minimum absolute atomic E-state index is 0.0228. The van der Waals surface area contributed by atoms with Gasteiger partial charge in [0.05, 0.1) is 11.1 Å². The van der Waals surface area contributed by atoms with Gasteiger partial charge in [0.2, 0.25) is 15.1 Å². The Bertz CT molecular complexity index is 2720. The van der Waals surface area contributed by atoms with Crippen molar-refractivity contribution in [3.63, 3.8) is 0 Å². The van der Waals surface area contributed by atoms with E-state index in [4.69, 9.17) is 13.9 Å². The third-order valence-corrected chi connectivity index (χ3v) is 12.3. The van der Waals surface area contributed by atoms with Crippen LogP contribution in [0.3, 0.4) is 0 Å². The van der Waals surface area contributed by atoms with E-state index < -0.39 is 39.5 Å². The highest BCUT2D eigenvalue weighted by Gasteiger charge is 2.39. The summed E-state index contributed by atoms with van der Waals surface area (Å²) < 4.78 is 11.8. The zero-order valence-corrected chi connectivity index (χ0v) is 38.3. The molecule has 0 amide bonds. The number of carbonyl (C=O) groups excluding carboxylic acids is 6. The number of benzene rings is 4. The van der Waals surface area contributed by atoms with Crippen LogP contribution in [-0.4, -0.2) is 75.6 Å². The van der Waals surface area contributed by atoms with Crippen LogP contribution in [0.4, 0.5) is 0 Å². The molecule has 0 aliphatic heterocycles. The van der Waals surface area contributed by atoms with Crippen molar-refractivity contribution in [2.75, 3.05) is 13.3 Å². The highest BCUT2D eigenvalue weighted by Crippen LogP contribution is 2.32. The summed E-state index contributed by atoms with van der Waals surface area (Å²) in [6.07, 6.45) is 1.95. The zero-order valence-electron chi connectivity index (χ0n) is 35.2. The van der Waals surface area contributed by atoms with Gasteiger partial charge in [0.25, 0.3) is 0 Å². The largest absolute Gasteiger partial charge is 0.869 e. The number of rotatable bonds is 4. The normalized spacial score (nSPS) is 14.9. The van der Waals surface area contributed by atoms with Crippen LogP contribution >= 0.6 is 8.58 Å². The first kappa shape index (κ1) is 48.6.